The largest absolute Gasteiger partial charge is 3.00 e. The number of aliphatic hydroxyl groups excluding tert-OH is 3. The first-order valence-electron chi connectivity index (χ1n) is 30.6. The zero-order chi connectivity index (χ0) is 59.6. The molecule has 0 aliphatic carbocycles. The van der Waals surface area contributed by atoms with Gasteiger partial charge in [0.15, 0.2) is 0 Å². The Bertz CT molecular complexity index is 1190. The molecule has 2 radical (unpaired) electrons. The number of carboxylic acids is 6. The molecule has 0 aliphatic rings. The minimum Gasteiger partial charge on any atom is -0.550 e. The molecule has 0 saturated carbocycles. The molecule has 17 heteroatoms. The fourth-order valence-corrected chi connectivity index (χ4v) is 7.29. The smallest absolute Gasteiger partial charge is 0.550 e. The zero-order valence-corrected chi connectivity index (χ0v) is 56.9. The number of unbranched alkanes of at least 4 members (excludes halogenated alkanes) is 33. The van der Waals surface area contributed by atoms with E-state index in [4.69, 9.17) is 15.3 Å². The fourth-order valence-electron chi connectivity index (χ4n) is 7.29. The molecule has 15 nitrogen and oxygen atoms in total. The standard InChI is InChI=1S/3C18H34O2.3C3H6O3.2Ce/c3*1-2-3-4-5-6-7-8-9-10-11-12-13-14-15-16-17-18(19)20;3*4-2-1-3(5)6;;/h3*9-10H,2-8,11-17H2,1H3,(H,19,20);3*4H,1-2H2,(H,5,6);;/q;;;;;;2*+3/p-6/b3*10-9-;;;;;. The third-order valence-corrected chi connectivity index (χ3v) is 11.9. The molecule has 0 unspecified atom stereocenters. The fraction of sp³-hybridized carbons (Fsp3) is 0.810. The first-order valence-corrected chi connectivity index (χ1v) is 30.6. The summed E-state index contributed by atoms with van der Waals surface area (Å²) in [4.78, 5) is 58.6. The summed E-state index contributed by atoms with van der Waals surface area (Å²) in [5, 5.41) is 82.1. The van der Waals surface area contributed by atoms with E-state index in [1.807, 2.05) is 0 Å². The summed E-state index contributed by atoms with van der Waals surface area (Å²) in [6.45, 7) is 5.78. The number of allylic oxidation sites excluding steroid dienone is 6. The molecular weight excluding hydrogens is 1280 g/mol. The van der Waals surface area contributed by atoms with Crippen molar-refractivity contribution in [2.45, 2.75) is 310 Å². The monoisotopic (exact) mass is 1390 g/mol. The molecule has 0 aromatic rings. The summed E-state index contributed by atoms with van der Waals surface area (Å²) < 4.78 is 0. The van der Waals surface area contributed by atoms with E-state index >= 15 is 0 Å². The van der Waals surface area contributed by atoms with Crippen LogP contribution >= 0.6 is 0 Å². The molecule has 464 valence electrons. The Morgan fingerprint density at radius 3 is 0.500 bits per heavy atom. The van der Waals surface area contributed by atoms with Gasteiger partial charge in [-0.1, -0.05) is 211 Å². The predicted molar refractivity (Wildman–Crippen MR) is 304 cm³/mol. The van der Waals surface area contributed by atoms with Crippen molar-refractivity contribution in [3.05, 3.63) is 36.5 Å². The molecule has 0 fully saturated rings. The normalized spacial score (nSPS) is 10.3. The quantitative estimate of drug-likeness (QED) is 0.0379. The van der Waals surface area contributed by atoms with E-state index in [2.05, 4.69) is 57.2 Å². The van der Waals surface area contributed by atoms with Crippen LogP contribution in [0.5, 0.6) is 0 Å². The van der Waals surface area contributed by atoms with Crippen molar-refractivity contribution < 1.29 is 158 Å². The van der Waals surface area contributed by atoms with Crippen LogP contribution in [0.15, 0.2) is 36.5 Å². The van der Waals surface area contributed by atoms with Crippen LogP contribution in [0.25, 0.3) is 0 Å². The second-order valence-corrected chi connectivity index (χ2v) is 19.7. The third-order valence-electron chi connectivity index (χ3n) is 11.9. The number of carboxylic acid groups (broad SMARTS) is 6. The second-order valence-electron chi connectivity index (χ2n) is 19.7. The minimum absolute atomic E-state index is 0. The number of hydrogen-bond acceptors (Lipinski definition) is 15. The van der Waals surface area contributed by atoms with E-state index in [0.29, 0.717) is 0 Å². The molecule has 80 heavy (non-hydrogen) atoms. The van der Waals surface area contributed by atoms with E-state index in [9.17, 15) is 59.4 Å². The molecule has 0 saturated heterocycles. The minimum atomic E-state index is -1.21. The van der Waals surface area contributed by atoms with Crippen molar-refractivity contribution in [2.75, 3.05) is 19.8 Å². The molecule has 0 atom stereocenters. The van der Waals surface area contributed by atoms with Gasteiger partial charge in [0.05, 0.1) is 0 Å². The van der Waals surface area contributed by atoms with Crippen molar-refractivity contribution in [1.29, 1.82) is 0 Å². The van der Waals surface area contributed by atoms with Gasteiger partial charge in [0.2, 0.25) is 0 Å². The van der Waals surface area contributed by atoms with Gasteiger partial charge in [-0.05, 0) is 116 Å². The predicted octanol–water partition coefficient (Wildman–Crippen LogP) is 8.68. The Morgan fingerprint density at radius 2 is 0.375 bits per heavy atom. The first-order chi connectivity index (χ1) is 37.6. The Kier molecular flexibility index (Phi) is 109. The van der Waals surface area contributed by atoms with Crippen molar-refractivity contribution in [3.63, 3.8) is 0 Å². The summed E-state index contributed by atoms with van der Waals surface area (Å²) in [5.74, 6) is -6.37. The van der Waals surface area contributed by atoms with Gasteiger partial charge in [-0.25, -0.2) is 0 Å². The van der Waals surface area contributed by atoms with Crippen LogP contribution in [0.4, 0.5) is 0 Å². The van der Waals surface area contributed by atoms with Crippen LogP contribution in [0.2, 0.25) is 0 Å². The average molecular weight is 1390 g/mol. The molecule has 0 rings (SSSR count). The van der Waals surface area contributed by atoms with Gasteiger partial charge in [-0.15, -0.1) is 0 Å². The summed E-state index contributed by atoms with van der Waals surface area (Å²) in [6, 6.07) is 0. The van der Waals surface area contributed by atoms with Crippen LogP contribution in [-0.2, 0) is 28.8 Å². The number of rotatable bonds is 51. The van der Waals surface area contributed by atoms with Gasteiger partial charge in [0, 0.05) is 74.9 Å². The first kappa shape index (κ1) is 95.0. The van der Waals surface area contributed by atoms with Gasteiger partial charge in [-0.3, -0.25) is 0 Å². The Hall–Kier alpha value is -1.33. The summed E-state index contributed by atoms with van der Waals surface area (Å²) in [5.41, 5.74) is 0. The van der Waals surface area contributed by atoms with Gasteiger partial charge >= 0.3 is 83.5 Å². The topological polar surface area (TPSA) is 301 Å². The molecule has 0 bridgehead atoms. The number of carbonyl (C=O) groups is 6. The molecule has 0 aromatic carbocycles. The number of aliphatic carboxylic acids is 6. The van der Waals surface area contributed by atoms with Gasteiger partial charge in [0.1, 0.15) is 0 Å². The van der Waals surface area contributed by atoms with Crippen molar-refractivity contribution in [1.82, 2.24) is 0 Å². The maximum atomic E-state index is 10.2. The maximum Gasteiger partial charge on any atom is 3.00 e. The van der Waals surface area contributed by atoms with Crippen molar-refractivity contribution >= 4 is 35.8 Å². The van der Waals surface area contributed by atoms with E-state index in [0.717, 1.165) is 57.8 Å². The molecule has 3 N–H and O–H groups in total. The molecular formula is C63H114Ce2O15. The number of aliphatic hydroxyl groups is 3. The molecule has 0 heterocycles. The van der Waals surface area contributed by atoms with Gasteiger partial charge in [0.25, 0.3) is 0 Å². The molecule has 0 amide bonds. The van der Waals surface area contributed by atoms with Crippen LogP contribution in [-0.4, -0.2) is 71.0 Å². The average Bonchev–Trinajstić information content (AvgIpc) is 3.38. The maximum absolute atomic E-state index is 10.2. The van der Waals surface area contributed by atoms with Gasteiger partial charge < -0.3 is 74.7 Å². The van der Waals surface area contributed by atoms with Gasteiger partial charge in [-0.2, -0.15) is 0 Å². The van der Waals surface area contributed by atoms with E-state index in [1.165, 1.54) is 193 Å². The SMILES string of the molecule is CCCCCCCC/C=C\CCCCCCCC(=O)[O-].CCCCCCCC/C=C\CCCCCCCC(=O)[O-].CCCCCCCC/C=C\CCCCCCCC(=O)[O-].O=C([O-])CCO.O=C([O-])CCO.O=C([O-])CCO.[Ce+3].[Ce+3]. The van der Waals surface area contributed by atoms with Crippen molar-refractivity contribution in [2.24, 2.45) is 0 Å². The molecule has 0 spiro atoms. The van der Waals surface area contributed by atoms with Crippen LogP contribution in [0.3, 0.4) is 0 Å². The number of carbonyl (C=O) groups excluding carboxylic acids is 6. The molecule has 0 aliphatic heterocycles. The van der Waals surface area contributed by atoms with Crippen LogP contribution in [0.1, 0.15) is 310 Å². The van der Waals surface area contributed by atoms with Crippen molar-refractivity contribution in [3.8, 4) is 0 Å². The van der Waals surface area contributed by atoms with E-state index in [1.54, 1.807) is 0 Å². The summed E-state index contributed by atoms with van der Waals surface area (Å²) >= 11 is 0. The Morgan fingerprint density at radius 1 is 0.237 bits per heavy atom. The third kappa shape index (κ3) is 128. The van der Waals surface area contributed by atoms with E-state index in [-0.39, 0.29) is 142 Å². The second kappa shape index (κ2) is 91.4. The van der Waals surface area contributed by atoms with E-state index < -0.39 is 35.8 Å². The zero-order valence-electron chi connectivity index (χ0n) is 50.6. The van der Waals surface area contributed by atoms with Crippen LogP contribution in [0, 0.1) is 83.5 Å². The molecule has 0 aromatic heterocycles. The Labute approximate surface area is 554 Å². The summed E-state index contributed by atoms with van der Waals surface area (Å²) in [6.07, 6.45) is 61.9. The number of hydrogen-bond donors (Lipinski definition) is 3. The van der Waals surface area contributed by atoms with Crippen LogP contribution < -0.4 is 30.6 Å². The Balaban J connectivity index is -0.000000138. The summed E-state index contributed by atoms with van der Waals surface area (Å²) in [7, 11) is 0.